The third-order valence-corrected chi connectivity index (χ3v) is 4.96. The van der Waals surface area contributed by atoms with Crippen molar-refractivity contribution in [2.75, 3.05) is 26.2 Å². The van der Waals surface area contributed by atoms with Crippen LogP contribution in [0.2, 0.25) is 0 Å². The van der Waals surface area contributed by atoms with Crippen molar-refractivity contribution >= 4 is 5.91 Å². The van der Waals surface area contributed by atoms with E-state index in [0.717, 1.165) is 25.3 Å². The first-order chi connectivity index (χ1) is 12.8. The van der Waals surface area contributed by atoms with Crippen molar-refractivity contribution in [3.05, 3.63) is 65.7 Å². The third kappa shape index (κ3) is 5.09. The fraction of sp³-hybridized carbons (Fsp3) is 0.409. The lowest BCUT2D eigenvalue weighted by Gasteiger charge is -2.28. The van der Waals surface area contributed by atoms with Gasteiger partial charge in [0.1, 0.15) is 5.75 Å². The monoisotopic (exact) mass is 352 g/mol. The molecule has 0 radical (unpaired) electrons. The lowest BCUT2D eigenvalue weighted by atomic mass is 10.1. The van der Waals surface area contributed by atoms with Crippen LogP contribution < -0.4 is 10.1 Å². The quantitative estimate of drug-likeness (QED) is 0.789. The van der Waals surface area contributed by atoms with E-state index in [4.69, 9.17) is 4.74 Å². The minimum atomic E-state index is -0.0790. The molecule has 2 aromatic carbocycles. The molecule has 1 atom stereocenters. The molecule has 0 aliphatic carbocycles. The Bertz CT molecular complexity index is 679. The second-order valence-corrected chi connectivity index (χ2v) is 6.76. The van der Waals surface area contributed by atoms with E-state index in [9.17, 15) is 4.79 Å². The first-order valence-electron chi connectivity index (χ1n) is 9.53. The van der Waals surface area contributed by atoms with Crippen LogP contribution in [0.3, 0.4) is 0 Å². The zero-order chi connectivity index (χ0) is 18.2. The number of nitrogens with zero attached hydrogens (tertiary/aromatic N) is 1. The van der Waals surface area contributed by atoms with Crippen molar-refractivity contribution < 1.29 is 9.53 Å². The summed E-state index contributed by atoms with van der Waals surface area (Å²) in [6.07, 6.45) is 3.46. The summed E-state index contributed by atoms with van der Waals surface area (Å²) in [6.45, 7) is 4.96. The zero-order valence-corrected chi connectivity index (χ0v) is 15.5. The fourth-order valence-corrected chi connectivity index (χ4v) is 3.42. The maximum absolute atomic E-state index is 12.2. The summed E-state index contributed by atoms with van der Waals surface area (Å²) < 4.78 is 5.61. The normalized spacial score (nSPS) is 15.6. The van der Waals surface area contributed by atoms with Gasteiger partial charge in [0.15, 0.2) is 6.61 Å². The molecule has 1 fully saturated rings. The van der Waals surface area contributed by atoms with Crippen molar-refractivity contribution in [2.24, 2.45) is 0 Å². The summed E-state index contributed by atoms with van der Waals surface area (Å²) >= 11 is 0. The molecule has 1 N–H and O–H groups in total. The van der Waals surface area contributed by atoms with Crippen molar-refractivity contribution in [2.45, 2.75) is 32.2 Å². The molecular formula is C22H28N2O2. The predicted molar refractivity (Wildman–Crippen MR) is 104 cm³/mol. The van der Waals surface area contributed by atoms with Gasteiger partial charge in [-0.15, -0.1) is 0 Å². The van der Waals surface area contributed by atoms with Gasteiger partial charge in [-0.05, 0) is 55.6 Å². The van der Waals surface area contributed by atoms with Crippen LogP contribution in [0.5, 0.6) is 5.75 Å². The smallest absolute Gasteiger partial charge is 0.258 e. The lowest BCUT2D eigenvalue weighted by molar-refractivity contribution is -0.123. The van der Waals surface area contributed by atoms with Gasteiger partial charge in [0.25, 0.3) is 5.91 Å². The molecule has 1 amide bonds. The van der Waals surface area contributed by atoms with Gasteiger partial charge in [0.2, 0.25) is 0 Å². The van der Waals surface area contributed by atoms with E-state index in [1.54, 1.807) is 0 Å². The molecule has 0 bridgehead atoms. The molecule has 1 unspecified atom stereocenters. The number of aryl methyl sites for hydroxylation is 1. The minimum Gasteiger partial charge on any atom is -0.484 e. The zero-order valence-electron chi connectivity index (χ0n) is 15.5. The molecule has 2 aromatic rings. The average molecular weight is 352 g/mol. The molecule has 3 rings (SSSR count). The first kappa shape index (κ1) is 18.5. The van der Waals surface area contributed by atoms with E-state index in [-0.39, 0.29) is 18.6 Å². The molecular weight excluding hydrogens is 324 g/mol. The summed E-state index contributed by atoms with van der Waals surface area (Å²) in [5, 5.41) is 3.05. The number of hydrogen-bond donors (Lipinski definition) is 1. The van der Waals surface area contributed by atoms with Crippen LogP contribution in [-0.2, 0) is 11.2 Å². The Balaban J connectivity index is 1.52. The number of rotatable bonds is 8. The Labute approximate surface area is 156 Å². The first-order valence-corrected chi connectivity index (χ1v) is 9.53. The van der Waals surface area contributed by atoms with Crippen molar-refractivity contribution in [3.63, 3.8) is 0 Å². The Morgan fingerprint density at radius 1 is 1.08 bits per heavy atom. The molecule has 0 aromatic heterocycles. The lowest BCUT2D eigenvalue weighted by Crippen LogP contribution is -2.38. The maximum Gasteiger partial charge on any atom is 0.258 e. The summed E-state index contributed by atoms with van der Waals surface area (Å²) in [5.41, 5.74) is 2.52. The number of ether oxygens (including phenoxy) is 1. The van der Waals surface area contributed by atoms with Crippen LogP contribution in [0.15, 0.2) is 54.6 Å². The number of carbonyl (C=O) groups is 1. The topological polar surface area (TPSA) is 41.6 Å². The maximum atomic E-state index is 12.2. The van der Waals surface area contributed by atoms with Crippen LogP contribution in [-0.4, -0.2) is 37.0 Å². The molecule has 0 saturated carbocycles. The molecule has 1 aliphatic heterocycles. The highest BCUT2D eigenvalue weighted by Gasteiger charge is 2.23. The van der Waals surface area contributed by atoms with Crippen LogP contribution in [0.25, 0.3) is 0 Å². The number of hydrogen-bond acceptors (Lipinski definition) is 3. The van der Waals surface area contributed by atoms with Gasteiger partial charge >= 0.3 is 0 Å². The van der Waals surface area contributed by atoms with Gasteiger partial charge in [-0.1, -0.05) is 49.4 Å². The second kappa shape index (κ2) is 9.39. The Hall–Kier alpha value is -2.33. The second-order valence-electron chi connectivity index (χ2n) is 6.76. The Morgan fingerprint density at radius 2 is 1.77 bits per heavy atom. The highest BCUT2D eigenvalue weighted by atomic mass is 16.5. The third-order valence-electron chi connectivity index (χ3n) is 4.96. The Morgan fingerprint density at radius 3 is 2.42 bits per heavy atom. The molecule has 4 nitrogen and oxygen atoms in total. The highest BCUT2D eigenvalue weighted by molar-refractivity contribution is 5.77. The fourth-order valence-electron chi connectivity index (χ4n) is 3.42. The molecule has 1 heterocycles. The van der Waals surface area contributed by atoms with Gasteiger partial charge in [0, 0.05) is 6.54 Å². The molecule has 1 saturated heterocycles. The van der Waals surface area contributed by atoms with Crippen molar-refractivity contribution in [3.8, 4) is 5.75 Å². The number of nitrogens with one attached hydrogen (secondary N) is 1. The van der Waals surface area contributed by atoms with Crippen molar-refractivity contribution in [1.82, 2.24) is 10.2 Å². The van der Waals surface area contributed by atoms with E-state index in [2.05, 4.69) is 41.4 Å². The summed E-state index contributed by atoms with van der Waals surface area (Å²) in [6, 6.07) is 18.6. The summed E-state index contributed by atoms with van der Waals surface area (Å²) in [7, 11) is 0. The van der Waals surface area contributed by atoms with Crippen LogP contribution in [0, 0.1) is 0 Å². The highest BCUT2D eigenvalue weighted by Crippen LogP contribution is 2.24. The minimum absolute atomic E-state index is 0.0486. The van der Waals surface area contributed by atoms with Crippen LogP contribution >= 0.6 is 0 Å². The van der Waals surface area contributed by atoms with Crippen LogP contribution in [0.4, 0.5) is 0 Å². The van der Waals surface area contributed by atoms with Gasteiger partial charge in [-0.3, -0.25) is 9.69 Å². The van der Waals surface area contributed by atoms with E-state index >= 15 is 0 Å². The Kier molecular flexibility index (Phi) is 6.67. The molecule has 26 heavy (non-hydrogen) atoms. The average Bonchev–Trinajstić information content (AvgIpc) is 3.22. The standard InChI is InChI=1S/C22H28N2O2/c1-2-18-10-12-20(13-11-18)26-17-22(25)23-16-21(24-14-6-7-15-24)19-8-4-3-5-9-19/h3-5,8-13,21H,2,6-7,14-17H2,1H3,(H,23,25). The van der Waals surface area contributed by atoms with Gasteiger partial charge in [-0.2, -0.15) is 0 Å². The number of carbonyl (C=O) groups excluding carboxylic acids is 1. The van der Waals surface area contributed by atoms with Crippen molar-refractivity contribution in [1.29, 1.82) is 0 Å². The summed E-state index contributed by atoms with van der Waals surface area (Å²) in [5.74, 6) is 0.654. The molecule has 0 spiro atoms. The van der Waals surface area contributed by atoms with E-state index in [0.29, 0.717) is 6.54 Å². The summed E-state index contributed by atoms with van der Waals surface area (Å²) in [4.78, 5) is 14.7. The SMILES string of the molecule is CCc1ccc(OCC(=O)NCC(c2ccccc2)N2CCCC2)cc1. The molecule has 138 valence electrons. The van der Waals surface area contributed by atoms with E-state index in [1.165, 1.54) is 24.0 Å². The van der Waals surface area contributed by atoms with Crippen LogP contribution in [0.1, 0.15) is 36.9 Å². The largest absolute Gasteiger partial charge is 0.484 e. The predicted octanol–water partition coefficient (Wildman–Crippen LogP) is 3.58. The van der Waals surface area contributed by atoms with E-state index in [1.807, 2.05) is 30.3 Å². The number of amides is 1. The number of benzene rings is 2. The van der Waals surface area contributed by atoms with E-state index < -0.39 is 0 Å². The van der Waals surface area contributed by atoms with Gasteiger partial charge < -0.3 is 10.1 Å². The van der Waals surface area contributed by atoms with Gasteiger partial charge in [0.05, 0.1) is 6.04 Å². The molecule has 1 aliphatic rings. The van der Waals surface area contributed by atoms with Gasteiger partial charge in [-0.25, -0.2) is 0 Å². The molecule has 4 heteroatoms. The number of likely N-dealkylation sites (tertiary alicyclic amines) is 1.